The van der Waals surface area contributed by atoms with Crippen molar-refractivity contribution in [3.8, 4) is 0 Å². The topological polar surface area (TPSA) is 94.5 Å². The average molecular weight is 419 g/mol. The third-order valence-electron chi connectivity index (χ3n) is 4.45. The molecule has 8 heteroatoms. The maximum Gasteiger partial charge on any atom is 0.338 e. The van der Waals surface area contributed by atoms with Crippen LogP contribution in [0.15, 0.2) is 47.9 Å². The zero-order valence-electron chi connectivity index (χ0n) is 16.9. The predicted molar refractivity (Wildman–Crippen MR) is 111 cm³/mol. The molecular formula is C21H26N2O5S. The number of ketones is 1. The lowest BCUT2D eigenvalue weighted by Crippen LogP contribution is -2.24. The number of benzene rings is 1. The van der Waals surface area contributed by atoms with E-state index in [0.717, 1.165) is 24.4 Å². The van der Waals surface area contributed by atoms with Crippen LogP contribution in [0, 0.1) is 13.8 Å². The molecule has 2 aromatic rings. The van der Waals surface area contributed by atoms with E-state index in [0.29, 0.717) is 5.56 Å². The van der Waals surface area contributed by atoms with E-state index >= 15 is 0 Å². The molecule has 1 heterocycles. The van der Waals surface area contributed by atoms with E-state index in [4.69, 9.17) is 4.74 Å². The van der Waals surface area contributed by atoms with Gasteiger partial charge < -0.3 is 9.30 Å². The Bertz CT molecular complexity index is 1020. The first-order chi connectivity index (χ1) is 13.7. The minimum absolute atomic E-state index is 0.0516. The molecule has 0 bridgehead atoms. The number of carbonyl (C=O) groups excluding carboxylic acids is 2. The molecule has 1 aromatic heterocycles. The average Bonchev–Trinajstić information content (AvgIpc) is 2.99. The second-order valence-corrected chi connectivity index (χ2v) is 8.37. The van der Waals surface area contributed by atoms with E-state index in [2.05, 4.69) is 22.8 Å². The van der Waals surface area contributed by atoms with Gasteiger partial charge in [0.2, 0.25) is 15.8 Å². The summed E-state index contributed by atoms with van der Waals surface area (Å²) in [6.45, 7) is 9.78. The lowest BCUT2D eigenvalue weighted by Gasteiger charge is -2.09. The fraction of sp³-hybridized carbons (Fsp3) is 0.333. The summed E-state index contributed by atoms with van der Waals surface area (Å²) in [5.41, 5.74) is 2.39. The van der Waals surface area contributed by atoms with Crippen molar-refractivity contribution in [3.05, 3.63) is 65.5 Å². The van der Waals surface area contributed by atoms with Gasteiger partial charge in [-0.05, 0) is 44.5 Å². The van der Waals surface area contributed by atoms with Gasteiger partial charge >= 0.3 is 5.97 Å². The number of nitrogens with one attached hydrogen (secondary N) is 1. The summed E-state index contributed by atoms with van der Waals surface area (Å²) in [4.78, 5) is 24.8. The molecule has 1 aromatic carbocycles. The molecule has 7 nitrogen and oxygen atoms in total. The van der Waals surface area contributed by atoms with E-state index in [1.807, 2.05) is 13.8 Å². The molecule has 29 heavy (non-hydrogen) atoms. The standard InChI is InChI=1S/C21H26N2O5S/c1-5-10-22-29(26,27)18-9-7-8-17(13-18)21(25)28-14-20(24)19-12-15(3)23(11-6-2)16(19)4/h5,7-9,12-13,22H,1,6,10-11,14H2,2-4H3. The van der Waals surface area contributed by atoms with Crippen LogP contribution >= 0.6 is 0 Å². The quantitative estimate of drug-likeness (QED) is 0.364. The minimum atomic E-state index is -3.76. The van der Waals surface area contributed by atoms with E-state index in [9.17, 15) is 18.0 Å². The smallest absolute Gasteiger partial charge is 0.338 e. The van der Waals surface area contributed by atoms with Crippen LogP contribution < -0.4 is 4.72 Å². The fourth-order valence-electron chi connectivity index (χ4n) is 2.99. The Kier molecular flexibility index (Phi) is 7.53. The summed E-state index contributed by atoms with van der Waals surface area (Å²) in [5, 5.41) is 0. The molecule has 0 radical (unpaired) electrons. The second kappa shape index (κ2) is 9.67. The van der Waals surface area contributed by atoms with Crippen molar-refractivity contribution >= 4 is 21.8 Å². The molecule has 0 aliphatic heterocycles. The molecule has 0 saturated carbocycles. The molecular weight excluding hydrogens is 392 g/mol. The number of aromatic nitrogens is 1. The van der Waals surface area contributed by atoms with Crippen LogP contribution in [-0.4, -0.2) is 37.9 Å². The van der Waals surface area contributed by atoms with Crippen molar-refractivity contribution in [3.63, 3.8) is 0 Å². The van der Waals surface area contributed by atoms with Gasteiger partial charge in [-0.3, -0.25) is 4.79 Å². The van der Waals surface area contributed by atoms with Crippen molar-refractivity contribution in [2.75, 3.05) is 13.2 Å². The van der Waals surface area contributed by atoms with E-state index in [-0.39, 0.29) is 22.8 Å². The minimum Gasteiger partial charge on any atom is -0.454 e. The highest BCUT2D eigenvalue weighted by atomic mass is 32.2. The highest BCUT2D eigenvalue weighted by Gasteiger charge is 2.19. The molecule has 0 saturated heterocycles. The van der Waals surface area contributed by atoms with Gasteiger partial charge in [-0.25, -0.2) is 17.9 Å². The fourth-order valence-corrected chi connectivity index (χ4v) is 4.03. The van der Waals surface area contributed by atoms with Crippen LogP contribution in [0.25, 0.3) is 0 Å². The van der Waals surface area contributed by atoms with Gasteiger partial charge in [-0.15, -0.1) is 6.58 Å². The van der Waals surface area contributed by atoms with Crippen LogP contribution in [0.4, 0.5) is 0 Å². The van der Waals surface area contributed by atoms with Crippen LogP contribution in [0.3, 0.4) is 0 Å². The first-order valence-electron chi connectivity index (χ1n) is 9.29. The van der Waals surface area contributed by atoms with Gasteiger partial charge in [0.25, 0.3) is 0 Å². The first-order valence-corrected chi connectivity index (χ1v) is 10.8. The summed E-state index contributed by atoms with van der Waals surface area (Å²) < 4.78 is 33.9. The Labute approximate surface area is 171 Å². The Balaban J connectivity index is 2.10. The summed E-state index contributed by atoms with van der Waals surface area (Å²) >= 11 is 0. The number of esters is 1. The number of hydrogen-bond acceptors (Lipinski definition) is 5. The first kappa shape index (κ1) is 22.6. The highest BCUT2D eigenvalue weighted by Crippen LogP contribution is 2.17. The van der Waals surface area contributed by atoms with E-state index in [1.165, 1.54) is 30.3 Å². The molecule has 0 aliphatic rings. The predicted octanol–water partition coefficient (Wildman–Crippen LogP) is 3.02. The lowest BCUT2D eigenvalue weighted by atomic mass is 10.1. The summed E-state index contributed by atoms with van der Waals surface area (Å²) in [6.07, 6.45) is 2.36. The van der Waals surface area contributed by atoms with Crippen LogP contribution in [0.2, 0.25) is 0 Å². The molecule has 156 valence electrons. The Morgan fingerprint density at radius 3 is 2.62 bits per heavy atom. The molecule has 0 unspecified atom stereocenters. The van der Waals surface area contributed by atoms with Crippen molar-refractivity contribution in [1.29, 1.82) is 0 Å². The second-order valence-electron chi connectivity index (χ2n) is 6.60. The van der Waals surface area contributed by atoms with Gasteiger partial charge in [0.15, 0.2) is 6.61 Å². The van der Waals surface area contributed by atoms with Gasteiger partial charge in [0.05, 0.1) is 10.5 Å². The Morgan fingerprint density at radius 1 is 1.24 bits per heavy atom. The van der Waals surface area contributed by atoms with Gasteiger partial charge in [-0.2, -0.15) is 0 Å². The number of aryl methyl sites for hydroxylation is 1. The molecule has 0 spiro atoms. The van der Waals surface area contributed by atoms with E-state index < -0.39 is 22.6 Å². The third-order valence-corrected chi connectivity index (χ3v) is 5.87. The SMILES string of the molecule is C=CCNS(=O)(=O)c1cccc(C(=O)OCC(=O)c2cc(C)n(CCC)c2C)c1. The van der Waals surface area contributed by atoms with Crippen molar-refractivity contribution in [1.82, 2.24) is 9.29 Å². The zero-order valence-corrected chi connectivity index (χ0v) is 17.7. The number of nitrogens with zero attached hydrogens (tertiary/aromatic N) is 1. The number of ether oxygens (including phenoxy) is 1. The number of hydrogen-bond donors (Lipinski definition) is 1. The summed E-state index contributed by atoms with van der Waals surface area (Å²) in [6, 6.07) is 7.26. The van der Waals surface area contributed by atoms with Crippen molar-refractivity contribution in [2.45, 2.75) is 38.6 Å². The molecule has 0 amide bonds. The van der Waals surface area contributed by atoms with Crippen molar-refractivity contribution in [2.24, 2.45) is 0 Å². The third kappa shape index (κ3) is 5.42. The van der Waals surface area contributed by atoms with Crippen LogP contribution in [-0.2, 0) is 21.3 Å². The maximum absolute atomic E-state index is 12.5. The molecule has 1 N–H and O–H groups in total. The maximum atomic E-state index is 12.5. The van der Waals surface area contributed by atoms with Crippen LogP contribution in [0.1, 0.15) is 45.4 Å². The molecule has 0 fully saturated rings. The van der Waals surface area contributed by atoms with Crippen molar-refractivity contribution < 1.29 is 22.7 Å². The van der Waals surface area contributed by atoms with Gasteiger partial charge in [-0.1, -0.05) is 19.1 Å². The largest absolute Gasteiger partial charge is 0.454 e. The Morgan fingerprint density at radius 2 is 1.97 bits per heavy atom. The number of sulfonamides is 1. The van der Waals surface area contributed by atoms with Gasteiger partial charge in [0.1, 0.15) is 0 Å². The number of rotatable bonds is 10. The molecule has 0 aliphatic carbocycles. The summed E-state index contributed by atoms with van der Waals surface area (Å²) in [7, 11) is -3.76. The normalized spacial score (nSPS) is 11.3. The number of carbonyl (C=O) groups is 2. The monoisotopic (exact) mass is 418 g/mol. The van der Waals surface area contributed by atoms with Gasteiger partial charge in [0, 0.05) is 30.0 Å². The highest BCUT2D eigenvalue weighted by molar-refractivity contribution is 7.89. The molecule has 2 rings (SSSR count). The lowest BCUT2D eigenvalue weighted by molar-refractivity contribution is 0.0474. The Hall–Kier alpha value is -2.71. The number of Topliss-reactive ketones (excluding diaryl/α,β-unsaturated/α-hetero) is 1. The van der Waals surface area contributed by atoms with E-state index in [1.54, 1.807) is 6.07 Å². The summed E-state index contributed by atoms with van der Waals surface area (Å²) in [5.74, 6) is -1.06. The molecule has 0 atom stereocenters. The van der Waals surface area contributed by atoms with Crippen LogP contribution in [0.5, 0.6) is 0 Å². The zero-order chi connectivity index (χ0) is 21.6.